The molecule has 0 saturated carbocycles. The Morgan fingerprint density at radius 3 is 2.64 bits per heavy atom. The van der Waals surface area contributed by atoms with Gasteiger partial charge in [0.15, 0.2) is 0 Å². The van der Waals surface area contributed by atoms with Gasteiger partial charge in [-0.1, -0.05) is 29.3 Å². The topological polar surface area (TPSA) is 87.7 Å². The number of halogens is 2. The standard InChI is InChI=1S/C23H27Cl2N5O3/c1-16-11-27-20(13-26-16)22(32)30-6-4-23(5-7-30)15-29(8-9-33-23)14-21(31)28-12-17-2-3-18(24)10-19(17)25/h2-3,10-11,13H,4-9,12,14-15H2,1H3,(H,28,31). The lowest BCUT2D eigenvalue weighted by Gasteiger charge is -2.47. The van der Waals surface area contributed by atoms with Crippen LogP contribution in [-0.2, 0) is 16.1 Å². The molecule has 2 aliphatic rings. The first-order valence-electron chi connectivity index (χ1n) is 11.0. The molecule has 10 heteroatoms. The number of benzene rings is 1. The van der Waals surface area contributed by atoms with E-state index in [0.717, 1.165) is 24.1 Å². The molecule has 33 heavy (non-hydrogen) atoms. The average molecular weight is 492 g/mol. The van der Waals surface area contributed by atoms with Gasteiger partial charge in [-0.15, -0.1) is 0 Å². The van der Waals surface area contributed by atoms with Gasteiger partial charge in [-0.05, 0) is 37.5 Å². The highest BCUT2D eigenvalue weighted by atomic mass is 35.5. The highest BCUT2D eigenvalue weighted by molar-refractivity contribution is 6.35. The number of carbonyl (C=O) groups excluding carboxylic acids is 2. The van der Waals surface area contributed by atoms with Crippen molar-refractivity contribution in [3.05, 3.63) is 57.6 Å². The number of nitrogens with zero attached hydrogens (tertiary/aromatic N) is 4. The summed E-state index contributed by atoms with van der Waals surface area (Å²) < 4.78 is 6.15. The first-order chi connectivity index (χ1) is 15.8. The van der Waals surface area contributed by atoms with Crippen molar-refractivity contribution in [2.45, 2.75) is 31.9 Å². The minimum absolute atomic E-state index is 0.0661. The molecule has 1 N–H and O–H groups in total. The molecule has 2 aliphatic heterocycles. The van der Waals surface area contributed by atoms with Gasteiger partial charge in [0.1, 0.15) is 5.69 Å². The zero-order valence-electron chi connectivity index (χ0n) is 18.5. The number of carbonyl (C=O) groups is 2. The molecule has 0 bridgehead atoms. The second-order valence-electron chi connectivity index (χ2n) is 8.59. The molecular formula is C23H27Cl2N5O3. The quantitative estimate of drug-likeness (QED) is 0.691. The zero-order chi connectivity index (χ0) is 23.4. The van der Waals surface area contributed by atoms with Gasteiger partial charge in [-0.2, -0.15) is 0 Å². The number of aryl methyl sites for hydroxylation is 1. The van der Waals surface area contributed by atoms with E-state index in [1.165, 1.54) is 6.20 Å². The molecule has 0 atom stereocenters. The molecule has 2 aromatic rings. The van der Waals surface area contributed by atoms with Crippen LogP contribution in [0.1, 0.15) is 34.6 Å². The van der Waals surface area contributed by atoms with E-state index in [1.807, 2.05) is 13.0 Å². The molecule has 1 spiro atoms. The third-order valence-electron chi connectivity index (χ3n) is 6.15. The first-order valence-corrected chi connectivity index (χ1v) is 11.7. The van der Waals surface area contributed by atoms with Gasteiger partial charge in [-0.25, -0.2) is 4.98 Å². The molecular weight excluding hydrogens is 465 g/mol. The Kier molecular flexibility index (Phi) is 7.48. The Bertz CT molecular complexity index is 1010. The Balaban J connectivity index is 1.27. The smallest absolute Gasteiger partial charge is 0.274 e. The van der Waals surface area contributed by atoms with E-state index in [4.69, 9.17) is 27.9 Å². The summed E-state index contributed by atoms with van der Waals surface area (Å²) >= 11 is 12.1. The van der Waals surface area contributed by atoms with Crippen LogP contribution >= 0.6 is 23.2 Å². The number of rotatable bonds is 5. The Morgan fingerprint density at radius 1 is 1.15 bits per heavy atom. The van der Waals surface area contributed by atoms with Crippen LogP contribution in [-0.4, -0.2) is 76.5 Å². The summed E-state index contributed by atoms with van der Waals surface area (Å²) in [6.45, 7) is 5.57. The monoisotopic (exact) mass is 491 g/mol. The third kappa shape index (κ3) is 6.00. The molecule has 1 aromatic carbocycles. The summed E-state index contributed by atoms with van der Waals surface area (Å²) in [7, 11) is 0. The molecule has 2 saturated heterocycles. The highest BCUT2D eigenvalue weighted by Gasteiger charge is 2.41. The summed E-state index contributed by atoms with van der Waals surface area (Å²) in [4.78, 5) is 37.5. The number of likely N-dealkylation sites (tertiary alicyclic amines) is 1. The van der Waals surface area contributed by atoms with Gasteiger partial charge < -0.3 is 15.0 Å². The number of aromatic nitrogens is 2. The number of nitrogens with one attached hydrogen (secondary N) is 1. The lowest BCUT2D eigenvalue weighted by molar-refractivity contribution is -0.141. The number of ether oxygens (including phenoxy) is 1. The Morgan fingerprint density at radius 2 is 1.94 bits per heavy atom. The van der Waals surface area contributed by atoms with Crippen molar-refractivity contribution < 1.29 is 14.3 Å². The molecule has 4 rings (SSSR count). The van der Waals surface area contributed by atoms with Crippen molar-refractivity contribution in [3.8, 4) is 0 Å². The number of amides is 2. The second kappa shape index (κ2) is 10.3. The predicted octanol–water partition coefficient (Wildman–Crippen LogP) is 2.72. The van der Waals surface area contributed by atoms with Gasteiger partial charge >= 0.3 is 0 Å². The molecule has 3 heterocycles. The second-order valence-corrected chi connectivity index (χ2v) is 9.43. The van der Waals surface area contributed by atoms with Crippen LogP contribution in [0.5, 0.6) is 0 Å². The van der Waals surface area contributed by atoms with Crippen LogP contribution in [0.4, 0.5) is 0 Å². The molecule has 8 nitrogen and oxygen atoms in total. The van der Waals surface area contributed by atoms with E-state index >= 15 is 0 Å². The summed E-state index contributed by atoms with van der Waals surface area (Å²) in [5.74, 6) is -0.172. The van der Waals surface area contributed by atoms with Crippen molar-refractivity contribution in [1.82, 2.24) is 25.1 Å². The van der Waals surface area contributed by atoms with Crippen molar-refractivity contribution in [3.63, 3.8) is 0 Å². The van der Waals surface area contributed by atoms with E-state index in [-0.39, 0.29) is 24.0 Å². The number of morpholine rings is 1. The summed E-state index contributed by atoms with van der Waals surface area (Å²) in [5, 5.41) is 4.02. The summed E-state index contributed by atoms with van der Waals surface area (Å²) in [6.07, 6.45) is 4.57. The Hall–Kier alpha value is -2.26. The van der Waals surface area contributed by atoms with Gasteiger partial charge in [0.25, 0.3) is 5.91 Å². The number of piperidine rings is 1. The molecule has 0 aliphatic carbocycles. The van der Waals surface area contributed by atoms with Gasteiger partial charge in [0.05, 0.1) is 30.6 Å². The summed E-state index contributed by atoms with van der Waals surface area (Å²) in [5.41, 5.74) is 1.62. The fraction of sp³-hybridized carbons (Fsp3) is 0.478. The largest absolute Gasteiger partial charge is 0.372 e. The van der Waals surface area contributed by atoms with E-state index in [9.17, 15) is 9.59 Å². The van der Waals surface area contributed by atoms with Gasteiger partial charge in [-0.3, -0.25) is 19.5 Å². The normalized spacial score (nSPS) is 18.3. The minimum Gasteiger partial charge on any atom is -0.372 e. The maximum Gasteiger partial charge on any atom is 0.274 e. The zero-order valence-corrected chi connectivity index (χ0v) is 20.0. The van der Waals surface area contributed by atoms with Crippen LogP contribution in [0, 0.1) is 6.92 Å². The minimum atomic E-state index is -0.340. The molecule has 0 unspecified atom stereocenters. The molecule has 2 fully saturated rings. The fourth-order valence-corrected chi connectivity index (χ4v) is 4.74. The highest BCUT2D eigenvalue weighted by Crippen LogP contribution is 2.30. The van der Waals surface area contributed by atoms with Crippen molar-refractivity contribution >= 4 is 35.0 Å². The SMILES string of the molecule is Cc1cnc(C(=O)N2CCC3(CC2)CN(CC(=O)NCc2ccc(Cl)cc2Cl)CCO3)cn1. The lowest BCUT2D eigenvalue weighted by atomic mass is 9.89. The van der Waals surface area contributed by atoms with Crippen LogP contribution in [0.25, 0.3) is 0 Å². The van der Waals surface area contributed by atoms with Crippen LogP contribution in [0.2, 0.25) is 10.0 Å². The third-order valence-corrected chi connectivity index (χ3v) is 6.73. The van der Waals surface area contributed by atoms with E-state index in [2.05, 4.69) is 20.2 Å². The van der Waals surface area contributed by atoms with Gasteiger partial charge in [0, 0.05) is 49.0 Å². The predicted molar refractivity (Wildman–Crippen MR) is 125 cm³/mol. The molecule has 1 aromatic heterocycles. The van der Waals surface area contributed by atoms with E-state index in [0.29, 0.717) is 55.1 Å². The van der Waals surface area contributed by atoms with Crippen molar-refractivity contribution in [1.29, 1.82) is 0 Å². The van der Waals surface area contributed by atoms with Crippen molar-refractivity contribution in [2.24, 2.45) is 0 Å². The Labute approximate surface area is 203 Å². The van der Waals surface area contributed by atoms with E-state index < -0.39 is 0 Å². The van der Waals surface area contributed by atoms with Gasteiger partial charge in [0.2, 0.25) is 5.91 Å². The van der Waals surface area contributed by atoms with Crippen LogP contribution < -0.4 is 5.32 Å². The fourth-order valence-electron chi connectivity index (χ4n) is 4.26. The summed E-state index contributed by atoms with van der Waals surface area (Å²) in [6, 6.07) is 5.23. The maximum atomic E-state index is 12.7. The maximum absolute atomic E-state index is 12.7. The number of hydrogen-bond acceptors (Lipinski definition) is 6. The first kappa shape index (κ1) is 23.9. The van der Waals surface area contributed by atoms with Crippen LogP contribution in [0.15, 0.2) is 30.6 Å². The van der Waals surface area contributed by atoms with Crippen LogP contribution in [0.3, 0.4) is 0 Å². The average Bonchev–Trinajstić information content (AvgIpc) is 2.79. The van der Waals surface area contributed by atoms with E-state index in [1.54, 1.807) is 23.2 Å². The lowest BCUT2D eigenvalue weighted by Crippen LogP contribution is -2.58. The number of hydrogen-bond donors (Lipinski definition) is 1. The molecule has 0 radical (unpaired) electrons. The molecule has 2 amide bonds. The molecule has 176 valence electrons. The van der Waals surface area contributed by atoms with Crippen molar-refractivity contribution in [2.75, 3.05) is 39.3 Å².